The number of anilines is 2. The summed E-state index contributed by atoms with van der Waals surface area (Å²) in [5.74, 6) is 3.50. The molecule has 0 aliphatic heterocycles. The van der Waals surface area contributed by atoms with E-state index in [4.69, 9.17) is 5.84 Å². The van der Waals surface area contributed by atoms with Crippen LogP contribution in [0.1, 0.15) is 0 Å². The van der Waals surface area contributed by atoms with Crippen molar-refractivity contribution >= 4 is 37.3 Å². The number of hydrazine groups is 1. The van der Waals surface area contributed by atoms with Crippen molar-refractivity contribution in [3.63, 3.8) is 0 Å². The quantitative estimate of drug-likeness (QED) is 0.434. The predicted molar refractivity (Wildman–Crippen MR) is 79.1 cm³/mol. The summed E-state index contributed by atoms with van der Waals surface area (Å²) in [4.78, 5) is -0.107. The van der Waals surface area contributed by atoms with Crippen LogP contribution in [0.4, 0.5) is 20.2 Å². The Hall–Kier alpha value is -1.71. The number of hydrogen-bond acceptors (Lipinski definition) is 4. The zero-order chi connectivity index (χ0) is 15.6. The van der Waals surface area contributed by atoms with Gasteiger partial charge in [0.25, 0.3) is 10.0 Å². The van der Waals surface area contributed by atoms with Gasteiger partial charge in [0, 0.05) is 11.8 Å². The Morgan fingerprint density at radius 1 is 1.05 bits per heavy atom. The van der Waals surface area contributed by atoms with E-state index in [0.717, 1.165) is 12.1 Å². The fraction of sp³-hybridized carbons (Fsp3) is 0. The van der Waals surface area contributed by atoms with Crippen LogP contribution >= 0.6 is 15.9 Å². The maximum Gasteiger partial charge on any atom is 0.261 e. The molecule has 0 bridgehead atoms. The minimum Gasteiger partial charge on any atom is -0.324 e. The first kappa shape index (κ1) is 15.7. The molecule has 2 rings (SSSR count). The standard InChI is InChI=1S/C12H10BrF2N3O2S/c13-9-5-11(15)12(6-10(9)14)18-21(19,20)8-3-1-7(17-16)2-4-8/h1-6,17-18H,16H2. The minimum absolute atomic E-state index is 0.0960. The van der Waals surface area contributed by atoms with E-state index in [1.807, 2.05) is 4.72 Å². The third-order valence-electron chi connectivity index (χ3n) is 2.59. The largest absolute Gasteiger partial charge is 0.324 e. The molecule has 0 unspecified atom stereocenters. The summed E-state index contributed by atoms with van der Waals surface area (Å²) >= 11 is 2.81. The van der Waals surface area contributed by atoms with Gasteiger partial charge in [-0.15, -0.1) is 0 Å². The molecule has 9 heteroatoms. The van der Waals surface area contributed by atoms with Crippen LogP contribution in [0, 0.1) is 11.6 Å². The van der Waals surface area contributed by atoms with Crippen LogP contribution in [0.25, 0.3) is 0 Å². The Morgan fingerprint density at radius 2 is 1.67 bits per heavy atom. The maximum atomic E-state index is 13.6. The molecule has 0 fully saturated rings. The molecule has 0 amide bonds. The first-order chi connectivity index (χ1) is 9.83. The average molecular weight is 378 g/mol. The molecular formula is C12H10BrF2N3O2S. The summed E-state index contributed by atoms with van der Waals surface area (Å²) in [5.41, 5.74) is 2.38. The summed E-state index contributed by atoms with van der Waals surface area (Å²) < 4.78 is 53.1. The second-order valence-electron chi connectivity index (χ2n) is 4.02. The SMILES string of the molecule is NNc1ccc(S(=O)(=O)Nc2cc(F)c(Br)cc2F)cc1. The molecular weight excluding hydrogens is 368 g/mol. The number of hydrogen-bond donors (Lipinski definition) is 3. The topological polar surface area (TPSA) is 84.2 Å². The summed E-state index contributed by atoms with van der Waals surface area (Å²) in [6.07, 6.45) is 0. The second kappa shape index (κ2) is 5.96. The number of nitrogens with one attached hydrogen (secondary N) is 2. The molecule has 0 aliphatic rings. The third-order valence-corrected chi connectivity index (χ3v) is 4.57. The molecule has 4 N–H and O–H groups in total. The fourth-order valence-corrected chi connectivity index (χ4v) is 2.91. The van der Waals surface area contributed by atoms with Crippen LogP contribution in [-0.2, 0) is 10.0 Å². The van der Waals surface area contributed by atoms with Crippen molar-refractivity contribution in [2.24, 2.45) is 5.84 Å². The molecule has 5 nitrogen and oxygen atoms in total. The Labute approximate surface area is 128 Å². The van der Waals surface area contributed by atoms with Gasteiger partial charge in [-0.2, -0.15) is 0 Å². The molecule has 0 saturated carbocycles. The molecule has 0 aliphatic carbocycles. The molecule has 0 saturated heterocycles. The Balaban J connectivity index is 2.34. The number of halogens is 3. The number of nitrogen functional groups attached to an aromatic ring is 1. The van der Waals surface area contributed by atoms with Crippen molar-refractivity contribution in [2.75, 3.05) is 10.1 Å². The smallest absolute Gasteiger partial charge is 0.261 e. The molecule has 0 spiro atoms. The summed E-state index contributed by atoms with van der Waals surface area (Å²) in [5, 5.41) is 0. The highest BCUT2D eigenvalue weighted by atomic mass is 79.9. The predicted octanol–water partition coefficient (Wildman–Crippen LogP) is 2.81. The van der Waals surface area contributed by atoms with E-state index in [-0.39, 0.29) is 9.37 Å². The van der Waals surface area contributed by atoms with E-state index in [2.05, 4.69) is 21.4 Å². The van der Waals surface area contributed by atoms with Crippen LogP contribution in [0.5, 0.6) is 0 Å². The zero-order valence-corrected chi connectivity index (χ0v) is 12.8. The van der Waals surface area contributed by atoms with Crippen molar-refractivity contribution in [3.8, 4) is 0 Å². The molecule has 0 aromatic heterocycles. The van der Waals surface area contributed by atoms with E-state index in [1.165, 1.54) is 24.3 Å². The minimum atomic E-state index is -4.03. The molecule has 2 aromatic rings. The average Bonchev–Trinajstić information content (AvgIpc) is 2.44. The van der Waals surface area contributed by atoms with E-state index >= 15 is 0 Å². The monoisotopic (exact) mass is 377 g/mol. The van der Waals surface area contributed by atoms with Gasteiger partial charge in [0.2, 0.25) is 0 Å². The highest BCUT2D eigenvalue weighted by Crippen LogP contribution is 2.25. The lowest BCUT2D eigenvalue weighted by Gasteiger charge is -2.10. The molecule has 0 heterocycles. The van der Waals surface area contributed by atoms with Gasteiger partial charge in [-0.1, -0.05) is 0 Å². The van der Waals surface area contributed by atoms with Crippen LogP contribution in [-0.4, -0.2) is 8.42 Å². The van der Waals surface area contributed by atoms with Gasteiger partial charge in [-0.05, 0) is 46.3 Å². The normalized spacial score (nSPS) is 11.2. The van der Waals surface area contributed by atoms with Crippen LogP contribution in [0.3, 0.4) is 0 Å². The highest BCUT2D eigenvalue weighted by Gasteiger charge is 2.17. The maximum absolute atomic E-state index is 13.6. The van der Waals surface area contributed by atoms with Gasteiger partial charge in [-0.25, -0.2) is 17.2 Å². The Morgan fingerprint density at radius 3 is 2.24 bits per heavy atom. The van der Waals surface area contributed by atoms with Crippen molar-refractivity contribution in [1.29, 1.82) is 0 Å². The van der Waals surface area contributed by atoms with Crippen LogP contribution in [0.15, 0.2) is 45.8 Å². The summed E-state index contributed by atoms with van der Waals surface area (Å²) in [6.45, 7) is 0. The molecule has 0 radical (unpaired) electrons. The first-order valence-electron chi connectivity index (χ1n) is 5.57. The van der Waals surface area contributed by atoms with Crippen molar-refractivity contribution in [2.45, 2.75) is 4.90 Å². The molecule has 21 heavy (non-hydrogen) atoms. The number of nitrogens with two attached hydrogens (primary N) is 1. The van der Waals surface area contributed by atoms with E-state index in [0.29, 0.717) is 5.69 Å². The molecule has 112 valence electrons. The van der Waals surface area contributed by atoms with Gasteiger partial charge in [0.15, 0.2) is 0 Å². The van der Waals surface area contributed by atoms with Gasteiger partial charge in [0.05, 0.1) is 15.1 Å². The van der Waals surface area contributed by atoms with Crippen molar-refractivity contribution in [1.82, 2.24) is 0 Å². The highest BCUT2D eigenvalue weighted by molar-refractivity contribution is 9.10. The van der Waals surface area contributed by atoms with Gasteiger partial charge >= 0.3 is 0 Å². The third kappa shape index (κ3) is 3.49. The van der Waals surface area contributed by atoms with Gasteiger partial charge < -0.3 is 5.43 Å². The lowest BCUT2D eigenvalue weighted by Crippen LogP contribution is -2.14. The van der Waals surface area contributed by atoms with Gasteiger partial charge in [0.1, 0.15) is 11.6 Å². The summed E-state index contributed by atoms with van der Waals surface area (Å²) in [7, 11) is -4.03. The number of benzene rings is 2. The van der Waals surface area contributed by atoms with E-state index in [1.54, 1.807) is 0 Å². The number of rotatable bonds is 4. The fourth-order valence-electron chi connectivity index (χ4n) is 1.53. The molecule has 2 aromatic carbocycles. The van der Waals surface area contributed by atoms with Crippen molar-refractivity contribution < 1.29 is 17.2 Å². The lowest BCUT2D eigenvalue weighted by molar-refractivity contribution is 0.592. The Kier molecular flexibility index (Phi) is 4.45. The van der Waals surface area contributed by atoms with E-state index < -0.39 is 27.3 Å². The molecule has 0 atom stereocenters. The first-order valence-corrected chi connectivity index (χ1v) is 7.85. The van der Waals surface area contributed by atoms with Crippen molar-refractivity contribution in [3.05, 3.63) is 52.5 Å². The van der Waals surface area contributed by atoms with Gasteiger partial charge in [-0.3, -0.25) is 10.6 Å². The lowest BCUT2D eigenvalue weighted by atomic mass is 10.3. The number of sulfonamides is 1. The second-order valence-corrected chi connectivity index (χ2v) is 6.56. The van der Waals surface area contributed by atoms with Crippen LogP contribution in [0.2, 0.25) is 0 Å². The zero-order valence-electron chi connectivity index (χ0n) is 10.4. The Bertz CT molecular complexity index is 767. The van der Waals surface area contributed by atoms with Crippen LogP contribution < -0.4 is 16.0 Å². The van der Waals surface area contributed by atoms with E-state index in [9.17, 15) is 17.2 Å². The summed E-state index contributed by atoms with van der Waals surface area (Å²) in [6, 6.07) is 7.04.